The second-order valence-electron chi connectivity index (χ2n) is 9.02. The Labute approximate surface area is 253 Å². The molecule has 0 saturated carbocycles. The zero-order chi connectivity index (χ0) is 32.1. The predicted molar refractivity (Wildman–Crippen MR) is 170 cm³/mol. The molecule has 0 bridgehead atoms. The predicted octanol–water partition coefficient (Wildman–Crippen LogP) is 6.68. The molecule has 44 heavy (non-hydrogen) atoms. The maximum absolute atomic E-state index is 10.4. The number of nitrogen functional groups attached to an aromatic ring is 1. The summed E-state index contributed by atoms with van der Waals surface area (Å²) in [4.78, 5) is 20.0. The summed E-state index contributed by atoms with van der Waals surface area (Å²) in [6.07, 6.45) is 10.8. The van der Waals surface area contributed by atoms with Crippen molar-refractivity contribution in [2.45, 2.75) is 13.8 Å². The third-order valence-corrected chi connectivity index (χ3v) is 5.97. The number of nitrogens with one attached hydrogen (secondary N) is 1. The van der Waals surface area contributed by atoms with Crippen molar-refractivity contribution in [3.05, 3.63) is 130 Å². The number of non-ortho nitro benzene ring substituents is 2. The van der Waals surface area contributed by atoms with Crippen LogP contribution in [0.2, 0.25) is 0 Å². The van der Waals surface area contributed by atoms with Gasteiger partial charge in [-0.3, -0.25) is 34.7 Å². The summed E-state index contributed by atoms with van der Waals surface area (Å²) >= 11 is 0. The maximum Gasteiger partial charge on any atom is 0.269 e. The van der Waals surface area contributed by atoms with Crippen LogP contribution >= 0.6 is 0 Å². The number of aromatic amines is 1. The van der Waals surface area contributed by atoms with Crippen LogP contribution in [0.25, 0.3) is 33.4 Å². The molecule has 0 atom stereocenters. The van der Waals surface area contributed by atoms with E-state index in [1.807, 2.05) is 70.8 Å². The zero-order valence-electron chi connectivity index (χ0n) is 24.7. The summed E-state index contributed by atoms with van der Waals surface area (Å²) in [5, 5.41) is 35.4. The summed E-state index contributed by atoms with van der Waals surface area (Å²) < 4.78 is 3.47. The molecule has 6 aromatic rings. The van der Waals surface area contributed by atoms with Crippen molar-refractivity contribution in [3.63, 3.8) is 0 Å². The number of hydrogen-bond donors (Lipinski definition) is 2. The maximum atomic E-state index is 10.4. The van der Waals surface area contributed by atoms with Gasteiger partial charge in [-0.05, 0) is 53.1 Å². The van der Waals surface area contributed by atoms with Crippen LogP contribution in [-0.2, 0) is 14.1 Å². The summed E-state index contributed by atoms with van der Waals surface area (Å²) in [6.45, 7) is 4.00. The molecule has 3 N–H and O–H groups in total. The molecule has 3 aromatic carbocycles. The van der Waals surface area contributed by atoms with Crippen LogP contribution in [0.1, 0.15) is 13.8 Å². The lowest BCUT2D eigenvalue weighted by Crippen LogP contribution is -1.86. The van der Waals surface area contributed by atoms with Gasteiger partial charge in [0.2, 0.25) is 0 Å². The molecule has 0 aliphatic carbocycles. The van der Waals surface area contributed by atoms with Crippen molar-refractivity contribution in [2.24, 2.45) is 14.1 Å². The van der Waals surface area contributed by atoms with Crippen LogP contribution in [0.4, 0.5) is 17.1 Å². The molecule has 0 spiro atoms. The van der Waals surface area contributed by atoms with Crippen molar-refractivity contribution in [1.29, 1.82) is 0 Å². The van der Waals surface area contributed by atoms with Gasteiger partial charge in [-0.2, -0.15) is 15.3 Å². The first kappa shape index (κ1) is 32.4. The van der Waals surface area contributed by atoms with Crippen molar-refractivity contribution in [2.75, 3.05) is 5.73 Å². The zero-order valence-corrected chi connectivity index (χ0v) is 24.7. The van der Waals surface area contributed by atoms with Gasteiger partial charge in [-0.25, -0.2) is 0 Å². The van der Waals surface area contributed by atoms with E-state index in [0.29, 0.717) is 0 Å². The van der Waals surface area contributed by atoms with Gasteiger partial charge in [0.05, 0.1) is 28.4 Å². The number of nitro benzene ring substituents is 2. The number of rotatable bonds is 5. The Morgan fingerprint density at radius 2 is 1.00 bits per heavy atom. The highest BCUT2D eigenvalue weighted by Gasteiger charge is 2.06. The topological polar surface area (TPSA) is 177 Å². The normalized spacial score (nSPS) is 9.82. The van der Waals surface area contributed by atoms with Gasteiger partial charge in [0, 0.05) is 79.3 Å². The van der Waals surface area contributed by atoms with E-state index in [0.717, 1.165) is 39.1 Å². The van der Waals surface area contributed by atoms with E-state index in [9.17, 15) is 20.2 Å². The number of nitrogens with two attached hydrogens (primary N) is 1. The minimum absolute atomic E-state index is 0.0947. The molecule has 0 radical (unpaired) electrons. The van der Waals surface area contributed by atoms with Crippen LogP contribution in [0.5, 0.6) is 0 Å². The standard InChI is InChI=1S/C10H9N3O2.C10H11N3.C9H7N3O2.C2H6/c1-12-7-9(6-11-12)8-2-4-10(5-3-8)13(14)15;1-13-7-9(6-12-13)8-2-4-10(11)5-3-8;13-12(14)9-3-1-7(2-4-9)8-5-10-11-6-8;1-2/h2-7H,1H3;2-7H,11H2,1H3;1-6H,(H,10,11);1-2H3. The first-order valence-corrected chi connectivity index (χ1v) is 13.5. The molecule has 0 aliphatic rings. The monoisotopic (exact) mass is 595 g/mol. The highest BCUT2D eigenvalue weighted by atomic mass is 16.6. The van der Waals surface area contributed by atoms with E-state index in [1.165, 1.54) is 24.3 Å². The van der Waals surface area contributed by atoms with Crippen molar-refractivity contribution >= 4 is 17.1 Å². The molecule has 6 rings (SSSR count). The van der Waals surface area contributed by atoms with Crippen LogP contribution in [0.15, 0.2) is 110 Å². The summed E-state index contributed by atoms with van der Waals surface area (Å²) in [5.41, 5.74) is 12.5. The average Bonchev–Trinajstić information content (AvgIpc) is 3.83. The summed E-state index contributed by atoms with van der Waals surface area (Å²) in [6, 6.07) is 20.5. The fraction of sp³-hybridized carbons (Fsp3) is 0.129. The fourth-order valence-corrected chi connectivity index (χ4v) is 3.78. The molecule has 0 amide bonds. The van der Waals surface area contributed by atoms with E-state index >= 15 is 0 Å². The SMILES string of the molecule is CC.Cn1cc(-c2ccc(N)cc2)cn1.Cn1cc(-c2ccc([N+](=O)[O-])cc2)cn1.O=[N+]([O-])c1ccc(-c2cn[nH]c2)cc1. The first-order valence-electron chi connectivity index (χ1n) is 13.5. The van der Waals surface area contributed by atoms with Crippen LogP contribution < -0.4 is 5.73 Å². The van der Waals surface area contributed by atoms with Crippen molar-refractivity contribution < 1.29 is 9.85 Å². The first-order chi connectivity index (χ1) is 21.2. The number of nitrogens with zero attached hydrogens (tertiary/aromatic N) is 7. The lowest BCUT2D eigenvalue weighted by molar-refractivity contribution is -0.385. The molecule has 0 saturated heterocycles. The molecule has 0 aliphatic heterocycles. The molecule has 13 nitrogen and oxygen atoms in total. The van der Waals surface area contributed by atoms with Crippen molar-refractivity contribution in [3.8, 4) is 33.4 Å². The Kier molecular flexibility index (Phi) is 11.6. The second-order valence-corrected chi connectivity index (χ2v) is 9.02. The third-order valence-electron chi connectivity index (χ3n) is 5.97. The van der Waals surface area contributed by atoms with Gasteiger partial charge >= 0.3 is 0 Å². The largest absolute Gasteiger partial charge is 0.399 e. The Morgan fingerprint density at radius 3 is 1.32 bits per heavy atom. The third kappa shape index (κ3) is 9.21. The lowest BCUT2D eigenvalue weighted by Gasteiger charge is -1.96. The van der Waals surface area contributed by atoms with Gasteiger partial charge in [0.15, 0.2) is 0 Å². The summed E-state index contributed by atoms with van der Waals surface area (Å²) in [7, 11) is 3.73. The molecular formula is C31H33N9O4. The quantitative estimate of drug-likeness (QED) is 0.126. The molecule has 0 fully saturated rings. The fourth-order valence-electron chi connectivity index (χ4n) is 3.78. The smallest absolute Gasteiger partial charge is 0.269 e. The minimum Gasteiger partial charge on any atom is -0.399 e. The second kappa shape index (κ2) is 15.8. The lowest BCUT2D eigenvalue weighted by atomic mass is 10.1. The molecule has 0 unspecified atom stereocenters. The van der Waals surface area contributed by atoms with E-state index in [1.54, 1.807) is 52.2 Å². The number of aromatic nitrogens is 6. The number of nitro groups is 2. The molecule has 13 heteroatoms. The van der Waals surface area contributed by atoms with Crippen LogP contribution in [-0.4, -0.2) is 39.6 Å². The Morgan fingerprint density at radius 1 is 0.614 bits per heavy atom. The van der Waals surface area contributed by atoms with E-state index in [4.69, 9.17) is 5.73 Å². The van der Waals surface area contributed by atoms with Gasteiger partial charge in [0.1, 0.15) is 0 Å². The average molecular weight is 596 g/mol. The van der Waals surface area contributed by atoms with Gasteiger partial charge in [0.25, 0.3) is 11.4 Å². The van der Waals surface area contributed by atoms with Gasteiger partial charge in [-0.1, -0.05) is 26.0 Å². The summed E-state index contributed by atoms with van der Waals surface area (Å²) in [5.74, 6) is 0. The molecule has 3 heterocycles. The highest BCUT2D eigenvalue weighted by molar-refractivity contribution is 5.65. The van der Waals surface area contributed by atoms with Gasteiger partial charge < -0.3 is 5.73 Å². The Bertz CT molecular complexity index is 1740. The van der Waals surface area contributed by atoms with Crippen LogP contribution in [0.3, 0.4) is 0 Å². The van der Waals surface area contributed by atoms with Crippen LogP contribution in [0, 0.1) is 20.2 Å². The Balaban J connectivity index is 0.000000176. The number of anilines is 1. The number of aryl methyl sites for hydroxylation is 2. The highest BCUT2D eigenvalue weighted by Crippen LogP contribution is 2.22. The molecule has 226 valence electrons. The number of benzene rings is 3. The molecular weight excluding hydrogens is 562 g/mol. The van der Waals surface area contributed by atoms with E-state index in [-0.39, 0.29) is 11.4 Å². The van der Waals surface area contributed by atoms with E-state index < -0.39 is 9.85 Å². The van der Waals surface area contributed by atoms with E-state index in [2.05, 4.69) is 20.4 Å². The van der Waals surface area contributed by atoms with Gasteiger partial charge in [-0.15, -0.1) is 0 Å². The minimum atomic E-state index is -0.418. The molecule has 3 aromatic heterocycles. The Hall–Kier alpha value is -6.11. The number of H-pyrrole nitrogens is 1. The van der Waals surface area contributed by atoms with Crippen molar-refractivity contribution in [1.82, 2.24) is 29.8 Å². The number of hydrogen-bond acceptors (Lipinski definition) is 8.